The summed E-state index contributed by atoms with van der Waals surface area (Å²) in [4.78, 5) is 18.0. The number of fused-ring (bicyclic) bond motifs is 3. The van der Waals surface area contributed by atoms with Gasteiger partial charge in [0.2, 0.25) is 0 Å². The molecule has 3 atom stereocenters. The first-order valence-corrected chi connectivity index (χ1v) is 15.4. The lowest BCUT2D eigenvalue weighted by atomic mass is 9.94. The number of aromatic nitrogens is 3. The molecule has 2 aromatic heterocycles. The van der Waals surface area contributed by atoms with Gasteiger partial charge in [0, 0.05) is 44.9 Å². The molecule has 0 saturated carbocycles. The van der Waals surface area contributed by atoms with Gasteiger partial charge in [0.1, 0.15) is 41.4 Å². The summed E-state index contributed by atoms with van der Waals surface area (Å²) in [6.45, 7) is 4.49. The van der Waals surface area contributed by atoms with E-state index in [1.54, 1.807) is 13.2 Å². The molecule has 0 aliphatic carbocycles. The van der Waals surface area contributed by atoms with Crippen LogP contribution in [0.1, 0.15) is 44.6 Å². The lowest BCUT2D eigenvalue weighted by molar-refractivity contribution is 0.0890. The zero-order valence-corrected chi connectivity index (χ0v) is 25.0. The number of methoxy groups -OCH3 is 1. The summed E-state index contributed by atoms with van der Waals surface area (Å²) >= 11 is 0. The fourth-order valence-electron chi connectivity index (χ4n) is 7.52. The molecule has 11 heteroatoms. The van der Waals surface area contributed by atoms with Crippen LogP contribution in [-0.2, 0) is 11.2 Å². The van der Waals surface area contributed by atoms with Gasteiger partial charge in [-0.3, -0.25) is 9.88 Å². The first-order chi connectivity index (χ1) is 21.3. The summed E-state index contributed by atoms with van der Waals surface area (Å²) in [6, 6.07) is 5.86. The van der Waals surface area contributed by atoms with Gasteiger partial charge in [-0.15, -0.1) is 0 Å². The second kappa shape index (κ2) is 11.3. The van der Waals surface area contributed by atoms with Gasteiger partial charge in [-0.25, -0.2) is 13.2 Å². The predicted molar refractivity (Wildman–Crippen MR) is 162 cm³/mol. The number of halogens is 3. The van der Waals surface area contributed by atoms with Crippen molar-refractivity contribution in [3.8, 4) is 23.0 Å². The number of aromatic hydroxyl groups is 1. The SMILES string of the molecule is CCc1c(F)ccc2cc(O)cc(-c3ncc4c(N5CCCC(OC)C5)nc(OC[C@@]56CCCN5C[C@H](F)C6)nc4c3F)c12. The number of nitrogens with zero attached hydrogens (tertiary/aromatic N) is 5. The van der Waals surface area contributed by atoms with Crippen molar-refractivity contribution in [3.63, 3.8) is 0 Å². The second-order valence-electron chi connectivity index (χ2n) is 12.3. The first kappa shape index (κ1) is 29.0. The van der Waals surface area contributed by atoms with E-state index in [0.29, 0.717) is 60.0 Å². The van der Waals surface area contributed by atoms with Crippen molar-refractivity contribution in [2.45, 2.75) is 63.3 Å². The van der Waals surface area contributed by atoms with Crippen molar-refractivity contribution in [2.24, 2.45) is 0 Å². The van der Waals surface area contributed by atoms with Gasteiger partial charge in [0.25, 0.3) is 0 Å². The molecule has 3 saturated heterocycles. The highest BCUT2D eigenvalue weighted by Gasteiger charge is 2.49. The molecule has 0 bridgehead atoms. The number of benzene rings is 2. The number of phenolic OH excluding ortho intramolecular Hbond substituents is 1. The second-order valence-corrected chi connectivity index (χ2v) is 12.3. The number of ether oxygens (including phenoxy) is 2. The Bertz CT molecular complexity index is 1740. The monoisotopic (exact) mass is 607 g/mol. The maximum Gasteiger partial charge on any atom is 0.319 e. The van der Waals surface area contributed by atoms with Crippen LogP contribution in [0.4, 0.5) is 19.0 Å². The summed E-state index contributed by atoms with van der Waals surface area (Å²) in [7, 11) is 1.67. The molecular formula is C33H36F3N5O3. The van der Waals surface area contributed by atoms with Crippen molar-refractivity contribution in [1.29, 1.82) is 0 Å². The Morgan fingerprint density at radius 2 is 1.98 bits per heavy atom. The lowest BCUT2D eigenvalue weighted by Gasteiger charge is -2.34. The fraction of sp³-hybridized carbons (Fsp3) is 0.485. The summed E-state index contributed by atoms with van der Waals surface area (Å²) in [5.41, 5.74) is 0.215. The van der Waals surface area contributed by atoms with Crippen molar-refractivity contribution >= 4 is 27.5 Å². The molecule has 0 radical (unpaired) electrons. The van der Waals surface area contributed by atoms with Crippen molar-refractivity contribution in [3.05, 3.63) is 47.7 Å². The maximum absolute atomic E-state index is 16.7. The minimum absolute atomic E-state index is 0.00711. The number of alkyl halides is 1. The smallest absolute Gasteiger partial charge is 0.319 e. The van der Waals surface area contributed by atoms with Crippen LogP contribution in [0.25, 0.3) is 32.9 Å². The maximum atomic E-state index is 16.7. The van der Waals surface area contributed by atoms with Crippen LogP contribution < -0.4 is 9.64 Å². The van der Waals surface area contributed by atoms with Crippen LogP contribution in [0.15, 0.2) is 30.5 Å². The van der Waals surface area contributed by atoms with Crippen molar-refractivity contribution in [1.82, 2.24) is 19.9 Å². The molecule has 232 valence electrons. The van der Waals surface area contributed by atoms with Crippen LogP contribution in [-0.4, -0.2) is 82.7 Å². The standard InChI is InChI=1S/C33H36F3N5O3/c1-3-23-26(35)8-7-19-12-21(42)13-24(27(19)23)29-28(36)30-25(15-37-29)31(40-10-4-6-22(17-40)43-2)39-32(38-30)44-18-33-9-5-11-41(33)16-20(34)14-33/h7-8,12-13,15,20,22,42H,3-6,9-11,14,16-18H2,1-2H3/t20-,22?,33+/m1/s1. The summed E-state index contributed by atoms with van der Waals surface area (Å²) < 4.78 is 57.9. The quantitative estimate of drug-likeness (QED) is 0.276. The number of rotatable bonds is 7. The van der Waals surface area contributed by atoms with E-state index < -0.39 is 23.3 Å². The van der Waals surface area contributed by atoms with Crippen LogP contribution in [0.5, 0.6) is 11.8 Å². The number of hydrogen-bond donors (Lipinski definition) is 1. The predicted octanol–water partition coefficient (Wildman–Crippen LogP) is 5.96. The fourth-order valence-corrected chi connectivity index (χ4v) is 7.52. The summed E-state index contributed by atoms with van der Waals surface area (Å²) in [6.07, 6.45) is 4.92. The molecule has 44 heavy (non-hydrogen) atoms. The average Bonchev–Trinajstić information content (AvgIpc) is 3.55. The van der Waals surface area contributed by atoms with Crippen LogP contribution >= 0.6 is 0 Å². The molecule has 0 spiro atoms. The lowest BCUT2D eigenvalue weighted by Crippen LogP contribution is -2.43. The van der Waals surface area contributed by atoms with Gasteiger partial charge in [-0.05, 0) is 73.2 Å². The minimum Gasteiger partial charge on any atom is -0.508 e. The average molecular weight is 608 g/mol. The molecule has 1 unspecified atom stereocenters. The van der Waals surface area contributed by atoms with E-state index in [-0.39, 0.29) is 41.2 Å². The van der Waals surface area contributed by atoms with E-state index in [1.807, 2.05) is 11.8 Å². The van der Waals surface area contributed by atoms with Gasteiger partial charge in [0.15, 0.2) is 5.82 Å². The Morgan fingerprint density at radius 1 is 1.11 bits per heavy atom. The Hall–Kier alpha value is -3.70. The van der Waals surface area contributed by atoms with E-state index in [4.69, 9.17) is 14.5 Å². The molecule has 8 nitrogen and oxygen atoms in total. The van der Waals surface area contributed by atoms with E-state index in [0.717, 1.165) is 32.2 Å². The van der Waals surface area contributed by atoms with E-state index in [2.05, 4.69) is 14.9 Å². The van der Waals surface area contributed by atoms with Gasteiger partial charge >= 0.3 is 6.01 Å². The third kappa shape index (κ3) is 4.90. The molecule has 7 rings (SSSR count). The molecule has 3 aliphatic rings. The number of aryl methyl sites for hydroxylation is 1. The molecular weight excluding hydrogens is 571 g/mol. The number of pyridine rings is 1. The number of piperidine rings is 1. The van der Waals surface area contributed by atoms with Crippen LogP contribution in [0, 0.1) is 11.6 Å². The number of anilines is 1. The zero-order chi connectivity index (χ0) is 30.6. The van der Waals surface area contributed by atoms with Crippen molar-refractivity contribution < 1.29 is 27.8 Å². The van der Waals surface area contributed by atoms with Crippen molar-refractivity contribution in [2.75, 3.05) is 44.8 Å². The Morgan fingerprint density at radius 3 is 2.80 bits per heavy atom. The van der Waals surface area contributed by atoms with E-state index in [1.165, 1.54) is 24.4 Å². The molecule has 4 aromatic rings. The van der Waals surface area contributed by atoms with Gasteiger partial charge < -0.3 is 19.5 Å². The molecule has 0 amide bonds. The summed E-state index contributed by atoms with van der Waals surface area (Å²) in [5, 5.41) is 12.0. The van der Waals surface area contributed by atoms with Crippen LogP contribution in [0.2, 0.25) is 0 Å². The van der Waals surface area contributed by atoms with Gasteiger partial charge in [-0.1, -0.05) is 13.0 Å². The molecule has 3 fully saturated rings. The normalized spacial score (nSPS) is 24.0. The van der Waals surface area contributed by atoms with Crippen LogP contribution in [0.3, 0.4) is 0 Å². The molecule has 3 aliphatic heterocycles. The third-order valence-electron chi connectivity index (χ3n) is 9.65. The number of phenols is 1. The zero-order valence-electron chi connectivity index (χ0n) is 25.0. The third-order valence-corrected chi connectivity index (χ3v) is 9.65. The first-order valence-electron chi connectivity index (χ1n) is 15.4. The molecule has 1 N–H and O–H groups in total. The van der Waals surface area contributed by atoms with Gasteiger partial charge in [0.05, 0.1) is 17.0 Å². The Labute approximate surface area is 253 Å². The minimum atomic E-state index is -0.910. The highest BCUT2D eigenvalue weighted by atomic mass is 19.1. The van der Waals surface area contributed by atoms with E-state index >= 15 is 4.39 Å². The summed E-state index contributed by atoms with van der Waals surface area (Å²) in [5.74, 6) is -0.730. The Balaban J connectivity index is 1.37. The number of hydrogen-bond acceptors (Lipinski definition) is 8. The largest absolute Gasteiger partial charge is 0.508 e. The topological polar surface area (TPSA) is 83.8 Å². The molecule has 2 aromatic carbocycles. The highest BCUT2D eigenvalue weighted by molar-refractivity contribution is 6.01. The van der Waals surface area contributed by atoms with Gasteiger partial charge in [-0.2, -0.15) is 9.97 Å². The highest BCUT2D eigenvalue weighted by Crippen LogP contribution is 2.42. The molecule has 5 heterocycles. The van der Waals surface area contributed by atoms with E-state index in [9.17, 15) is 13.9 Å². The Kier molecular flexibility index (Phi) is 7.48.